The van der Waals surface area contributed by atoms with Gasteiger partial charge >= 0.3 is 0 Å². The molecule has 0 bridgehead atoms. The third-order valence-corrected chi connectivity index (χ3v) is 5.31. The van der Waals surface area contributed by atoms with Gasteiger partial charge in [-0.15, -0.1) is 0 Å². The van der Waals surface area contributed by atoms with Gasteiger partial charge in [0.2, 0.25) is 11.8 Å². The van der Waals surface area contributed by atoms with Crippen molar-refractivity contribution in [2.24, 2.45) is 5.92 Å². The predicted molar refractivity (Wildman–Crippen MR) is 102 cm³/mol. The predicted octanol–water partition coefficient (Wildman–Crippen LogP) is 2.09. The lowest BCUT2D eigenvalue weighted by Gasteiger charge is -2.21. The molecule has 3 heterocycles. The Bertz CT molecular complexity index is 974. The maximum atomic E-state index is 12.8. The SMILES string of the molecule is CN(Cc1ccc2nsnc2c1)C(=O)[C@H]1CC(=O)N(Cc2ccccn2)C1. The highest BCUT2D eigenvalue weighted by Gasteiger charge is 2.35. The number of benzene rings is 1. The molecule has 138 valence electrons. The van der Waals surface area contributed by atoms with Crippen LogP contribution >= 0.6 is 11.7 Å². The quantitative estimate of drug-likeness (QED) is 0.676. The normalized spacial score (nSPS) is 16.9. The van der Waals surface area contributed by atoms with Crippen LogP contribution in [0.25, 0.3) is 11.0 Å². The second-order valence-electron chi connectivity index (χ2n) is 6.78. The summed E-state index contributed by atoms with van der Waals surface area (Å²) in [6.07, 6.45) is 1.96. The summed E-state index contributed by atoms with van der Waals surface area (Å²) >= 11 is 1.18. The molecule has 1 aromatic carbocycles. The molecule has 27 heavy (non-hydrogen) atoms. The number of carbonyl (C=O) groups excluding carboxylic acids is 2. The van der Waals surface area contributed by atoms with Crippen LogP contribution < -0.4 is 0 Å². The molecular formula is C19H19N5O2S. The molecule has 2 amide bonds. The standard InChI is InChI=1S/C19H19N5O2S/c1-23(10-13-5-6-16-17(8-13)22-27-21-16)19(26)14-9-18(25)24(11-14)12-15-4-2-3-7-20-15/h2-8,14H,9-12H2,1H3/t14-/m0/s1. The number of pyridine rings is 1. The number of rotatable bonds is 5. The smallest absolute Gasteiger partial charge is 0.228 e. The van der Waals surface area contributed by atoms with Gasteiger partial charge in [0.15, 0.2) is 0 Å². The largest absolute Gasteiger partial charge is 0.341 e. The van der Waals surface area contributed by atoms with Gasteiger partial charge in [0, 0.05) is 32.8 Å². The van der Waals surface area contributed by atoms with Crippen molar-refractivity contribution in [2.45, 2.75) is 19.5 Å². The van der Waals surface area contributed by atoms with E-state index in [9.17, 15) is 9.59 Å². The van der Waals surface area contributed by atoms with E-state index in [0.717, 1.165) is 22.3 Å². The second-order valence-corrected chi connectivity index (χ2v) is 7.31. The molecule has 0 unspecified atom stereocenters. The first-order chi connectivity index (χ1) is 13.1. The maximum Gasteiger partial charge on any atom is 0.228 e. The summed E-state index contributed by atoms with van der Waals surface area (Å²) in [5, 5.41) is 0. The number of aromatic nitrogens is 3. The Kier molecular flexibility index (Phi) is 4.81. The molecule has 3 aromatic rings. The number of nitrogens with zero attached hydrogens (tertiary/aromatic N) is 5. The highest BCUT2D eigenvalue weighted by molar-refractivity contribution is 7.00. The van der Waals surface area contributed by atoms with Crippen LogP contribution in [0.3, 0.4) is 0 Å². The van der Waals surface area contributed by atoms with E-state index in [-0.39, 0.29) is 24.2 Å². The van der Waals surface area contributed by atoms with Crippen LogP contribution in [0.15, 0.2) is 42.6 Å². The summed E-state index contributed by atoms with van der Waals surface area (Å²) < 4.78 is 8.43. The number of amides is 2. The minimum absolute atomic E-state index is 0.00219. The first-order valence-corrected chi connectivity index (χ1v) is 9.47. The van der Waals surface area contributed by atoms with E-state index in [0.29, 0.717) is 19.6 Å². The molecule has 0 aliphatic carbocycles. The van der Waals surface area contributed by atoms with E-state index in [2.05, 4.69) is 13.7 Å². The van der Waals surface area contributed by atoms with E-state index in [1.54, 1.807) is 23.0 Å². The van der Waals surface area contributed by atoms with Gasteiger partial charge in [0.1, 0.15) is 11.0 Å². The fourth-order valence-electron chi connectivity index (χ4n) is 3.37. The Hall–Kier alpha value is -2.87. The molecule has 1 fully saturated rings. The average Bonchev–Trinajstić information content (AvgIpc) is 3.28. The van der Waals surface area contributed by atoms with Gasteiger partial charge in [-0.2, -0.15) is 8.75 Å². The molecule has 1 aliphatic rings. The van der Waals surface area contributed by atoms with Crippen molar-refractivity contribution >= 4 is 34.6 Å². The van der Waals surface area contributed by atoms with Gasteiger partial charge in [-0.1, -0.05) is 12.1 Å². The van der Waals surface area contributed by atoms with Crippen LogP contribution in [0.5, 0.6) is 0 Å². The van der Waals surface area contributed by atoms with Crippen molar-refractivity contribution in [2.75, 3.05) is 13.6 Å². The molecule has 1 saturated heterocycles. The zero-order chi connectivity index (χ0) is 18.8. The summed E-state index contributed by atoms with van der Waals surface area (Å²) in [6.45, 7) is 1.37. The van der Waals surface area contributed by atoms with E-state index >= 15 is 0 Å². The molecule has 1 atom stereocenters. The highest BCUT2D eigenvalue weighted by Crippen LogP contribution is 2.22. The molecule has 2 aromatic heterocycles. The van der Waals surface area contributed by atoms with Crippen LogP contribution in [-0.2, 0) is 22.7 Å². The van der Waals surface area contributed by atoms with Crippen molar-refractivity contribution in [3.05, 3.63) is 53.9 Å². The first kappa shape index (κ1) is 17.5. The van der Waals surface area contributed by atoms with Gasteiger partial charge in [-0.3, -0.25) is 14.6 Å². The van der Waals surface area contributed by atoms with Crippen molar-refractivity contribution < 1.29 is 9.59 Å². The molecule has 4 rings (SSSR count). The number of hydrogen-bond acceptors (Lipinski definition) is 6. The molecule has 0 radical (unpaired) electrons. The molecule has 1 aliphatic heterocycles. The van der Waals surface area contributed by atoms with Crippen molar-refractivity contribution in [3.8, 4) is 0 Å². The number of fused-ring (bicyclic) bond motifs is 1. The minimum Gasteiger partial charge on any atom is -0.341 e. The Balaban J connectivity index is 1.39. The van der Waals surface area contributed by atoms with E-state index < -0.39 is 0 Å². The van der Waals surface area contributed by atoms with Crippen molar-refractivity contribution in [3.63, 3.8) is 0 Å². The van der Waals surface area contributed by atoms with Crippen LogP contribution in [0.2, 0.25) is 0 Å². The van der Waals surface area contributed by atoms with Crippen molar-refractivity contribution in [1.82, 2.24) is 23.5 Å². The minimum atomic E-state index is -0.309. The topological polar surface area (TPSA) is 79.3 Å². The molecule has 0 spiro atoms. The van der Waals surface area contributed by atoms with E-state index in [1.807, 2.05) is 36.4 Å². The summed E-state index contributed by atoms with van der Waals surface area (Å²) in [4.78, 5) is 32.8. The maximum absolute atomic E-state index is 12.8. The molecule has 0 saturated carbocycles. The number of carbonyl (C=O) groups is 2. The lowest BCUT2D eigenvalue weighted by atomic mass is 10.1. The van der Waals surface area contributed by atoms with Gasteiger partial charge in [-0.25, -0.2) is 0 Å². The fraction of sp³-hybridized carbons (Fsp3) is 0.316. The van der Waals surface area contributed by atoms with E-state index in [1.165, 1.54) is 11.7 Å². The van der Waals surface area contributed by atoms with Crippen LogP contribution in [0.4, 0.5) is 0 Å². The van der Waals surface area contributed by atoms with Crippen molar-refractivity contribution in [1.29, 1.82) is 0 Å². The summed E-state index contributed by atoms with van der Waals surface area (Å²) in [6, 6.07) is 11.5. The Morgan fingerprint density at radius 3 is 2.93 bits per heavy atom. The monoisotopic (exact) mass is 381 g/mol. The highest BCUT2D eigenvalue weighted by atomic mass is 32.1. The zero-order valence-corrected chi connectivity index (χ0v) is 15.7. The molecule has 0 N–H and O–H groups in total. The number of likely N-dealkylation sites (tertiary alicyclic amines) is 1. The summed E-state index contributed by atoms with van der Waals surface area (Å²) in [7, 11) is 1.78. The number of hydrogen-bond donors (Lipinski definition) is 0. The van der Waals surface area contributed by atoms with Gasteiger partial charge < -0.3 is 9.80 Å². The Morgan fingerprint density at radius 1 is 1.26 bits per heavy atom. The summed E-state index contributed by atoms with van der Waals surface area (Å²) in [5.74, 6) is -0.318. The van der Waals surface area contributed by atoms with E-state index in [4.69, 9.17) is 0 Å². The second kappa shape index (κ2) is 7.40. The van der Waals surface area contributed by atoms with Gasteiger partial charge in [0.25, 0.3) is 0 Å². The third kappa shape index (κ3) is 3.80. The van der Waals surface area contributed by atoms with Crippen LogP contribution in [-0.4, -0.2) is 48.9 Å². The molecule has 8 heteroatoms. The Labute approximate surface area is 161 Å². The van der Waals surface area contributed by atoms with Gasteiger partial charge in [-0.05, 0) is 29.8 Å². The van der Waals surface area contributed by atoms with Crippen LogP contribution in [0.1, 0.15) is 17.7 Å². The average molecular weight is 381 g/mol. The summed E-state index contributed by atoms with van der Waals surface area (Å²) in [5.41, 5.74) is 3.54. The lowest BCUT2D eigenvalue weighted by Crippen LogP contribution is -2.34. The zero-order valence-electron chi connectivity index (χ0n) is 14.9. The Morgan fingerprint density at radius 2 is 2.11 bits per heavy atom. The third-order valence-electron chi connectivity index (χ3n) is 4.76. The van der Waals surface area contributed by atoms with Crippen LogP contribution in [0, 0.1) is 5.92 Å². The fourth-order valence-corrected chi connectivity index (χ4v) is 3.88. The lowest BCUT2D eigenvalue weighted by molar-refractivity contribution is -0.135. The van der Waals surface area contributed by atoms with Gasteiger partial charge in [0.05, 0.1) is 29.9 Å². The molecule has 7 nitrogen and oxygen atoms in total. The first-order valence-electron chi connectivity index (χ1n) is 8.74. The molecular weight excluding hydrogens is 362 g/mol.